The Labute approximate surface area is 275 Å². The smallest absolute Gasteiger partial charge is 0.178 e. The van der Waals surface area contributed by atoms with Crippen molar-refractivity contribution in [2.45, 2.75) is 59.8 Å². The van der Waals surface area contributed by atoms with Crippen molar-refractivity contribution < 1.29 is 22.4 Å². The summed E-state index contributed by atoms with van der Waals surface area (Å²) in [5.74, 6) is 47.7. The molecule has 232 valence electrons. The van der Waals surface area contributed by atoms with E-state index in [-0.39, 0.29) is 29.5 Å². The number of fused-ring (bicyclic) bond motifs is 5. The summed E-state index contributed by atoms with van der Waals surface area (Å²) in [5, 5.41) is 0. The first-order chi connectivity index (χ1) is 21.3. The fraction of sp³-hybridized carbons (Fsp3) is 0.350. The molecule has 3 fully saturated rings. The van der Waals surface area contributed by atoms with Crippen molar-refractivity contribution in [2.24, 2.45) is 28.6 Å². The number of allylic oxidation sites excluding steroid dienone is 5. The Hall–Kier alpha value is -5.80. The average Bonchev–Trinajstić information content (AvgIpc) is 3.33. The maximum absolute atomic E-state index is 12.4. The number of carbonyl (C=O) groups is 2. The third-order valence-corrected chi connectivity index (χ3v) is 8.43. The molecule has 0 heterocycles. The molecule has 4 rings (SSSR count). The second-order valence-corrected chi connectivity index (χ2v) is 10.7. The summed E-state index contributed by atoms with van der Waals surface area (Å²) in [6, 6.07) is 0. The number of Topliss-reactive ketones (excluding diaryl/α,β-unsaturated/α-hetero) is 1. The van der Waals surface area contributed by atoms with Crippen molar-refractivity contribution in [1.82, 2.24) is 0 Å². The Balaban J connectivity index is -0.000000105. The van der Waals surface area contributed by atoms with Gasteiger partial charge in [-0.1, -0.05) is 43.9 Å². The van der Waals surface area contributed by atoms with Gasteiger partial charge in [-0.2, -0.15) is 0 Å². The summed E-state index contributed by atoms with van der Waals surface area (Å²) < 4.78 is 0. The molecular weight excluding hydrogens is 544 g/mol. The van der Waals surface area contributed by atoms with Gasteiger partial charge in [0.05, 0.1) is 0 Å². The van der Waals surface area contributed by atoms with E-state index in [1.54, 1.807) is 26.0 Å². The maximum atomic E-state index is 12.4. The Kier molecular flexibility index (Phi) is 13.5. The molecule has 0 aromatic heterocycles. The van der Waals surface area contributed by atoms with E-state index in [9.17, 15) is 9.59 Å². The zero-order valence-corrected chi connectivity index (χ0v) is 25.3. The molecule has 3 saturated carbocycles. The van der Waals surface area contributed by atoms with Gasteiger partial charge in [-0.25, -0.2) is 0 Å². The molecule has 0 amide bonds. The molecule has 0 unspecified atom stereocenters. The summed E-state index contributed by atoms with van der Waals surface area (Å²) in [7, 11) is 0. The molecule has 5 atom stereocenters. The van der Waals surface area contributed by atoms with Crippen LogP contribution in [-0.2, 0) is 9.59 Å². The molecule has 0 radical (unpaired) electrons. The predicted molar refractivity (Wildman–Crippen MR) is 193 cm³/mol. The SMILES string of the molecule is C=C1C[C@@H]2[C@H](CC[C@]3(C)C(=O)CC[C@@H]23)[C@@]2(C)C=CC(=O)C=C12.CC#CC#CC#CC#CC#CC#CC#CC#CC#CC.O=O.[HH].[HH].[HH].[HH].[HH].[HH].[HH].[HH].[HH]. The van der Waals surface area contributed by atoms with Gasteiger partial charge < -0.3 is 0 Å². The Morgan fingerprint density at radius 3 is 1.64 bits per heavy atom. The average molecular weight is 593 g/mol. The summed E-state index contributed by atoms with van der Waals surface area (Å²) in [5.41, 5.74) is 2.09. The van der Waals surface area contributed by atoms with Gasteiger partial charge in [0.1, 0.15) is 5.78 Å². The fourth-order valence-electron chi connectivity index (χ4n) is 6.54. The van der Waals surface area contributed by atoms with E-state index < -0.39 is 0 Å². The molecule has 4 aliphatic rings. The molecule has 4 heteroatoms. The first kappa shape index (κ1) is 34.4. The van der Waals surface area contributed by atoms with E-state index in [1.165, 1.54) is 0 Å². The van der Waals surface area contributed by atoms with E-state index >= 15 is 0 Å². The normalized spacial score (nSPS) is 25.3. The zero-order valence-electron chi connectivity index (χ0n) is 25.3. The van der Waals surface area contributed by atoms with Crippen LogP contribution in [0.1, 0.15) is 72.6 Å². The molecule has 0 aliphatic heterocycles. The third kappa shape index (κ3) is 8.60. The number of carbonyl (C=O) groups excluding carboxylic acids is 2. The van der Waals surface area contributed by atoms with Crippen LogP contribution in [-0.4, -0.2) is 11.6 Å². The number of rotatable bonds is 0. The Morgan fingerprint density at radius 2 is 1.18 bits per heavy atom. The first-order valence-corrected chi connectivity index (χ1v) is 13.9. The third-order valence-electron chi connectivity index (χ3n) is 8.43. The molecule has 0 saturated heterocycles. The predicted octanol–water partition coefficient (Wildman–Crippen LogP) is 7.37. The summed E-state index contributed by atoms with van der Waals surface area (Å²) >= 11 is 0. The molecule has 0 aromatic carbocycles. The number of hydrogen-bond donors (Lipinski definition) is 0. The summed E-state index contributed by atoms with van der Waals surface area (Å²) in [6.45, 7) is 12.2. The van der Waals surface area contributed by atoms with Gasteiger partial charge >= 0.3 is 0 Å². The monoisotopic (exact) mass is 592 g/mol. The van der Waals surface area contributed by atoms with E-state index in [1.807, 2.05) is 0 Å². The van der Waals surface area contributed by atoms with E-state index in [0.717, 1.165) is 43.3 Å². The Morgan fingerprint density at radius 1 is 0.727 bits per heavy atom. The van der Waals surface area contributed by atoms with Gasteiger partial charge in [0.15, 0.2) is 5.78 Å². The summed E-state index contributed by atoms with van der Waals surface area (Å²) in [6.07, 6.45) is 10.5. The van der Waals surface area contributed by atoms with Crippen molar-refractivity contribution in [3.05, 3.63) is 45.9 Å². The molecule has 0 spiro atoms. The highest BCUT2D eigenvalue weighted by Crippen LogP contribution is 2.64. The van der Waals surface area contributed by atoms with E-state index in [0.29, 0.717) is 23.5 Å². The van der Waals surface area contributed by atoms with Crippen LogP contribution in [0.15, 0.2) is 36.0 Å². The molecular formula is C40H48O4. The molecule has 0 N–H and O–H groups in total. The van der Waals surface area contributed by atoms with Crippen molar-refractivity contribution in [3.8, 4) is 107 Å². The number of hydrogen-bond acceptors (Lipinski definition) is 4. The van der Waals surface area contributed by atoms with Crippen LogP contribution in [0.2, 0.25) is 0 Å². The minimum absolute atomic E-state index is 0. The van der Waals surface area contributed by atoms with Crippen LogP contribution >= 0.6 is 0 Å². The van der Waals surface area contributed by atoms with Crippen LogP contribution < -0.4 is 0 Å². The van der Waals surface area contributed by atoms with Crippen LogP contribution in [0.3, 0.4) is 0 Å². The zero-order chi connectivity index (χ0) is 32.4. The van der Waals surface area contributed by atoms with E-state index in [2.05, 4.69) is 133 Å². The van der Waals surface area contributed by atoms with Crippen LogP contribution in [0, 0.1) is 145 Å². The van der Waals surface area contributed by atoms with Crippen LogP contribution in [0.25, 0.3) is 0 Å². The first-order valence-electron chi connectivity index (χ1n) is 13.9. The van der Waals surface area contributed by atoms with Crippen molar-refractivity contribution in [2.75, 3.05) is 0 Å². The highest BCUT2D eigenvalue weighted by atomic mass is 16.7. The molecule has 0 bridgehead atoms. The quantitative estimate of drug-likeness (QED) is 0.276. The highest BCUT2D eigenvalue weighted by Gasteiger charge is 2.59. The lowest BCUT2D eigenvalue weighted by Crippen LogP contribution is -2.50. The van der Waals surface area contributed by atoms with Crippen molar-refractivity contribution in [3.63, 3.8) is 0 Å². The highest BCUT2D eigenvalue weighted by molar-refractivity contribution is 6.02. The minimum Gasteiger partial charge on any atom is -0.299 e. The van der Waals surface area contributed by atoms with Gasteiger partial charge in [0, 0.05) is 40.0 Å². The molecule has 4 nitrogen and oxygen atoms in total. The van der Waals surface area contributed by atoms with Crippen molar-refractivity contribution >= 4 is 11.6 Å². The Bertz CT molecular complexity index is 1800. The lowest BCUT2D eigenvalue weighted by atomic mass is 9.48. The minimum atomic E-state index is -0.104. The number of ketones is 2. The van der Waals surface area contributed by atoms with Gasteiger partial charge in [0.25, 0.3) is 0 Å². The second-order valence-electron chi connectivity index (χ2n) is 10.7. The van der Waals surface area contributed by atoms with Gasteiger partial charge in [-0.15, -0.1) is 0 Å². The fourth-order valence-corrected chi connectivity index (χ4v) is 6.54. The maximum Gasteiger partial charge on any atom is 0.178 e. The van der Waals surface area contributed by atoms with Gasteiger partial charge in [-0.3, -0.25) is 9.59 Å². The van der Waals surface area contributed by atoms with E-state index in [4.69, 9.17) is 9.93 Å². The van der Waals surface area contributed by atoms with Crippen molar-refractivity contribution in [1.29, 1.82) is 0 Å². The topological polar surface area (TPSA) is 68.3 Å². The van der Waals surface area contributed by atoms with Gasteiger partial charge in [0.2, 0.25) is 0 Å². The largest absolute Gasteiger partial charge is 0.299 e. The molecule has 4 aliphatic carbocycles. The van der Waals surface area contributed by atoms with Crippen LogP contribution in [0.5, 0.6) is 0 Å². The lowest BCUT2D eigenvalue weighted by molar-refractivity contribution is -0.131. The lowest BCUT2D eigenvalue weighted by Gasteiger charge is -2.56. The standard InChI is InChI=1S/C20H24O2.C20H6.O2.9H2/c1-12-10-14-15-4-5-18(22)20(15,3)9-7-16(14)19(2)8-6-13(21)11-17(12)19;1-3-5-7-9-11-13-15-17-19-20-18-16-14-12-10-8-6-4-2;1-2;;;;;;;;;/h6,8,11,14-16H,1,4-5,7,9-10H2,2-3H3;1-2H3;;9*1H/t14-,15-,16-,19+,20-;;;;;;;;;;;/m0.........../s1. The van der Waals surface area contributed by atoms with Gasteiger partial charge in [-0.05, 0) is 170 Å². The van der Waals surface area contributed by atoms with Crippen LogP contribution in [0.4, 0.5) is 0 Å². The molecule has 44 heavy (non-hydrogen) atoms. The summed E-state index contributed by atoms with van der Waals surface area (Å²) in [4.78, 5) is 38.2. The second kappa shape index (κ2) is 17.2. The molecule has 0 aromatic rings.